The van der Waals surface area contributed by atoms with Gasteiger partial charge in [-0.2, -0.15) is 0 Å². The van der Waals surface area contributed by atoms with Gasteiger partial charge in [0.05, 0.1) is 17.8 Å². The van der Waals surface area contributed by atoms with Crippen molar-refractivity contribution in [3.8, 4) is 0 Å². The maximum Gasteiger partial charge on any atom is 0.228 e. The molecule has 1 saturated heterocycles. The fraction of sp³-hybridized carbons (Fsp3) is 0.368. The van der Waals surface area contributed by atoms with Gasteiger partial charge in [-0.15, -0.1) is 0 Å². The van der Waals surface area contributed by atoms with E-state index in [0.717, 1.165) is 48.7 Å². The van der Waals surface area contributed by atoms with E-state index in [2.05, 4.69) is 15.0 Å². The first-order chi connectivity index (χ1) is 12.2. The molecule has 3 aromatic heterocycles. The fourth-order valence-corrected chi connectivity index (χ4v) is 3.62. The molecule has 1 aliphatic rings. The number of aryl methyl sites for hydroxylation is 1. The van der Waals surface area contributed by atoms with Crippen molar-refractivity contribution >= 4 is 11.6 Å². The molecule has 0 saturated carbocycles. The predicted molar refractivity (Wildman–Crippen MR) is 94.2 cm³/mol. The van der Waals surface area contributed by atoms with E-state index in [9.17, 15) is 4.79 Å². The quantitative estimate of drug-likeness (QED) is 0.737. The summed E-state index contributed by atoms with van der Waals surface area (Å²) in [6.45, 7) is 3.51. The summed E-state index contributed by atoms with van der Waals surface area (Å²) in [5.41, 5.74) is 3.81. The molecule has 0 radical (unpaired) electrons. The molecule has 3 aromatic rings. The molecule has 128 valence electrons. The second-order valence-electron chi connectivity index (χ2n) is 6.56. The summed E-state index contributed by atoms with van der Waals surface area (Å²) in [7, 11) is 0. The molecule has 0 N–H and O–H groups in total. The second kappa shape index (κ2) is 6.63. The zero-order valence-corrected chi connectivity index (χ0v) is 14.3. The van der Waals surface area contributed by atoms with Crippen molar-refractivity contribution in [2.24, 2.45) is 0 Å². The van der Waals surface area contributed by atoms with Crippen LogP contribution in [0, 0.1) is 6.92 Å². The molecule has 1 unspecified atom stereocenters. The Balaban J connectivity index is 1.51. The maximum atomic E-state index is 12.9. The number of carbonyl (C=O) groups is 1. The molecule has 0 aromatic carbocycles. The maximum absolute atomic E-state index is 12.9. The van der Waals surface area contributed by atoms with Gasteiger partial charge in [-0.05, 0) is 38.0 Å². The molecule has 1 atom stereocenters. The standard InChI is InChI=1S/C19H21N5O/c1-14-17(24-10-3-2-6-18(24)22-14)11-19(25)23-9-4-5-15(12-23)16-7-8-20-13-21-16/h2-3,6-8,10,13,15H,4-5,9,11-12H2,1H3. The lowest BCUT2D eigenvalue weighted by molar-refractivity contribution is -0.131. The van der Waals surface area contributed by atoms with Crippen LogP contribution in [0.4, 0.5) is 0 Å². The van der Waals surface area contributed by atoms with Crippen LogP contribution in [0.1, 0.15) is 35.8 Å². The minimum atomic E-state index is 0.160. The molecule has 1 amide bonds. The molecule has 0 bridgehead atoms. The van der Waals surface area contributed by atoms with E-state index in [1.54, 1.807) is 12.5 Å². The first-order valence-corrected chi connectivity index (χ1v) is 8.68. The van der Waals surface area contributed by atoms with Crippen molar-refractivity contribution in [2.45, 2.75) is 32.1 Å². The number of carbonyl (C=O) groups excluding carboxylic acids is 1. The van der Waals surface area contributed by atoms with Gasteiger partial charge in [-0.3, -0.25) is 4.79 Å². The third-order valence-corrected chi connectivity index (χ3v) is 4.94. The van der Waals surface area contributed by atoms with E-state index in [1.165, 1.54) is 0 Å². The fourth-order valence-electron chi connectivity index (χ4n) is 3.62. The van der Waals surface area contributed by atoms with Crippen molar-refractivity contribution in [1.82, 2.24) is 24.3 Å². The van der Waals surface area contributed by atoms with Gasteiger partial charge >= 0.3 is 0 Å². The summed E-state index contributed by atoms with van der Waals surface area (Å²) in [4.78, 5) is 27.8. The highest BCUT2D eigenvalue weighted by molar-refractivity contribution is 5.79. The van der Waals surface area contributed by atoms with Crippen LogP contribution in [0.3, 0.4) is 0 Å². The Kier molecular flexibility index (Phi) is 4.17. The number of likely N-dealkylation sites (tertiary alicyclic amines) is 1. The van der Waals surface area contributed by atoms with E-state index in [4.69, 9.17) is 0 Å². The summed E-state index contributed by atoms with van der Waals surface area (Å²) in [6, 6.07) is 7.85. The van der Waals surface area contributed by atoms with Gasteiger partial charge in [0.1, 0.15) is 12.0 Å². The van der Waals surface area contributed by atoms with Crippen LogP contribution in [-0.2, 0) is 11.2 Å². The molecule has 25 heavy (non-hydrogen) atoms. The summed E-state index contributed by atoms with van der Waals surface area (Å²) < 4.78 is 2.01. The highest BCUT2D eigenvalue weighted by Gasteiger charge is 2.26. The number of rotatable bonds is 3. The molecule has 0 spiro atoms. The van der Waals surface area contributed by atoms with Crippen LogP contribution in [0.15, 0.2) is 43.0 Å². The average Bonchev–Trinajstić information content (AvgIpc) is 2.98. The van der Waals surface area contributed by atoms with Gasteiger partial charge in [0.25, 0.3) is 0 Å². The molecule has 1 aliphatic heterocycles. The predicted octanol–water partition coefficient (Wildman–Crippen LogP) is 2.38. The van der Waals surface area contributed by atoms with Crippen LogP contribution >= 0.6 is 0 Å². The molecule has 0 aliphatic carbocycles. The van der Waals surface area contributed by atoms with E-state index in [-0.39, 0.29) is 5.91 Å². The zero-order chi connectivity index (χ0) is 17.2. The number of hydrogen-bond donors (Lipinski definition) is 0. The van der Waals surface area contributed by atoms with Gasteiger partial charge in [-0.25, -0.2) is 15.0 Å². The van der Waals surface area contributed by atoms with Crippen LogP contribution in [0.25, 0.3) is 5.65 Å². The van der Waals surface area contributed by atoms with Crippen LogP contribution in [0.2, 0.25) is 0 Å². The Morgan fingerprint density at radius 2 is 2.24 bits per heavy atom. The minimum absolute atomic E-state index is 0.160. The van der Waals surface area contributed by atoms with E-state index >= 15 is 0 Å². The Morgan fingerprint density at radius 3 is 3.08 bits per heavy atom. The number of aromatic nitrogens is 4. The molecule has 4 rings (SSSR count). The largest absolute Gasteiger partial charge is 0.342 e. The van der Waals surface area contributed by atoms with Gasteiger partial charge in [0.2, 0.25) is 5.91 Å². The normalized spacial score (nSPS) is 17.8. The second-order valence-corrected chi connectivity index (χ2v) is 6.56. The molecular formula is C19H21N5O. The third kappa shape index (κ3) is 3.12. The van der Waals surface area contributed by atoms with Crippen molar-refractivity contribution in [3.05, 3.63) is 60.1 Å². The first-order valence-electron chi connectivity index (χ1n) is 8.68. The Morgan fingerprint density at radius 1 is 1.32 bits per heavy atom. The summed E-state index contributed by atoms with van der Waals surface area (Å²) in [6.07, 6.45) is 7.77. The number of piperidine rings is 1. The van der Waals surface area contributed by atoms with Crippen molar-refractivity contribution in [1.29, 1.82) is 0 Å². The number of hydrogen-bond acceptors (Lipinski definition) is 4. The topological polar surface area (TPSA) is 63.4 Å². The molecule has 1 fully saturated rings. The number of pyridine rings is 1. The van der Waals surface area contributed by atoms with E-state index in [1.807, 2.05) is 46.7 Å². The highest BCUT2D eigenvalue weighted by Crippen LogP contribution is 2.25. The lowest BCUT2D eigenvalue weighted by Crippen LogP contribution is -2.40. The summed E-state index contributed by atoms with van der Waals surface area (Å²) in [5.74, 6) is 0.455. The van der Waals surface area contributed by atoms with E-state index < -0.39 is 0 Å². The Labute approximate surface area is 146 Å². The van der Waals surface area contributed by atoms with Crippen molar-refractivity contribution in [2.75, 3.05) is 13.1 Å². The van der Waals surface area contributed by atoms with Gasteiger partial charge < -0.3 is 9.30 Å². The lowest BCUT2D eigenvalue weighted by Gasteiger charge is -2.32. The first kappa shape index (κ1) is 15.7. The number of fused-ring (bicyclic) bond motifs is 1. The molecular weight excluding hydrogens is 314 g/mol. The SMILES string of the molecule is Cc1nc2ccccn2c1CC(=O)N1CCCC(c2ccncn2)C1. The Hall–Kier alpha value is -2.76. The van der Waals surface area contributed by atoms with Gasteiger partial charge in [0, 0.05) is 37.1 Å². The smallest absolute Gasteiger partial charge is 0.228 e. The minimum Gasteiger partial charge on any atom is -0.342 e. The van der Waals surface area contributed by atoms with E-state index in [0.29, 0.717) is 12.3 Å². The summed E-state index contributed by atoms with van der Waals surface area (Å²) in [5, 5.41) is 0. The molecule has 6 heteroatoms. The number of imidazole rings is 1. The van der Waals surface area contributed by atoms with Crippen molar-refractivity contribution in [3.63, 3.8) is 0 Å². The zero-order valence-electron chi connectivity index (χ0n) is 14.3. The monoisotopic (exact) mass is 335 g/mol. The number of nitrogens with zero attached hydrogens (tertiary/aromatic N) is 5. The highest BCUT2D eigenvalue weighted by atomic mass is 16.2. The van der Waals surface area contributed by atoms with Gasteiger partial charge in [0.15, 0.2) is 0 Å². The van der Waals surface area contributed by atoms with Crippen LogP contribution in [0.5, 0.6) is 0 Å². The molecule has 4 heterocycles. The molecule has 6 nitrogen and oxygen atoms in total. The lowest BCUT2D eigenvalue weighted by atomic mass is 9.94. The number of amides is 1. The van der Waals surface area contributed by atoms with Crippen molar-refractivity contribution < 1.29 is 4.79 Å². The third-order valence-electron chi connectivity index (χ3n) is 4.94. The van der Waals surface area contributed by atoms with Crippen LogP contribution < -0.4 is 0 Å². The average molecular weight is 335 g/mol. The van der Waals surface area contributed by atoms with Gasteiger partial charge in [-0.1, -0.05) is 6.07 Å². The van der Waals surface area contributed by atoms with Crippen LogP contribution in [-0.4, -0.2) is 43.2 Å². The Bertz CT molecular complexity index is 889. The summed E-state index contributed by atoms with van der Waals surface area (Å²) >= 11 is 0.